The van der Waals surface area contributed by atoms with Crippen molar-refractivity contribution in [1.29, 1.82) is 0 Å². The number of carbonyl (C=O) groups excluding carboxylic acids is 1. The van der Waals surface area contributed by atoms with Gasteiger partial charge in [0, 0.05) is 13.0 Å². The monoisotopic (exact) mass is 907 g/mol. The standard InChI is InChI=1S/C49H95O12P/c1-3-5-7-9-11-13-15-17-19-21-22-23-24-26-28-30-32-34-36-38-43(50)60-42(41-59-62(56,57)61-49-47(54)45(52)44(51)46(53)48(49)55)40-58-39-37-35-33-31-29-27-25-20-18-16-14-12-10-8-6-4-2/h17,19,42,44-49,51-55H,3-16,18,20-41H2,1-2H3,(H,56,57)/b19-17-. The van der Waals surface area contributed by atoms with Crippen molar-refractivity contribution in [2.24, 2.45) is 0 Å². The van der Waals surface area contributed by atoms with Crippen LogP contribution in [-0.4, -0.2) is 98.9 Å². The second-order valence-corrected chi connectivity index (χ2v) is 19.4. The van der Waals surface area contributed by atoms with E-state index in [1.165, 1.54) is 167 Å². The van der Waals surface area contributed by atoms with Gasteiger partial charge in [-0.15, -0.1) is 0 Å². The number of aliphatic hydroxyl groups excluding tert-OH is 5. The molecule has 6 atom stereocenters. The number of hydrogen-bond acceptors (Lipinski definition) is 11. The van der Waals surface area contributed by atoms with Crippen molar-refractivity contribution in [3.05, 3.63) is 12.2 Å². The number of esters is 1. The molecule has 1 aliphatic carbocycles. The molecule has 1 aliphatic rings. The molecular formula is C49H95O12P. The molecule has 0 spiro atoms. The van der Waals surface area contributed by atoms with Crippen molar-refractivity contribution < 1.29 is 58.3 Å². The molecule has 1 fully saturated rings. The second kappa shape index (κ2) is 40.4. The molecule has 0 aromatic heterocycles. The molecule has 12 nitrogen and oxygen atoms in total. The third-order valence-electron chi connectivity index (χ3n) is 12.1. The van der Waals surface area contributed by atoms with Crippen LogP contribution in [0, 0.1) is 0 Å². The molecule has 0 aromatic rings. The average Bonchev–Trinajstić information content (AvgIpc) is 3.26. The van der Waals surface area contributed by atoms with Crippen molar-refractivity contribution >= 4 is 13.8 Å². The summed E-state index contributed by atoms with van der Waals surface area (Å²) in [4.78, 5) is 23.2. The predicted octanol–water partition coefficient (Wildman–Crippen LogP) is 11.1. The van der Waals surface area contributed by atoms with Crippen molar-refractivity contribution in [3.63, 3.8) is 0 Å². The summed E-state index contributed by atoms with van der Waals surface area (Å²) in [6.07, 6.45) is 32.7. The normalized spacial score (nSPS) is 22.0. The number of phosphoric acid groups is 1. The predicted molar refractivity (Wildman–Crippen MR) is 249 cm³/mol. The van der Waals surface area contributed by atoms with Crippen LogP contribution in [0.1, 0.15) is 232 Å². The summed E-state index contributed by atoms with van der Waals surface area (Å²) in [7, 11) is -5.02. The van der Waals surface area contributed by atoms with Crippen LogP contribution in [0.3, 0.4) is 0 Å². The first-order valence-corrected chi connectivity index (χ1v) is 27.0. The summed E-state index contributed by atoms with van der Waals surface area (Å²) in [6, 6.07) is 0. The van der Waals surface area contributed by atoms with Crippen LogP contribution < -0.4 is 0 Å². The van der Waals surface area contributed by atoms with E-state index in [1.54, 1.807) is 0 Å². The maximum absolute atomic E-state index is 12.8. The number of allylic oxidation sites excluding steroid dienone is 2. The summed E-state index contributed by atoms with van der Waals surface area (Å²) in [5.41, 5.74) is 0. The molecule has 0 heterocycles. The molecule has 0 aromatic carbocycles. The van der Waals surface area contributed by atoms with Crippen molar-refractivity contribution in [3.8, 4) is 0 Å². The number of hydrogen-bond donors (Lipinski definition) is 6. The Kier molecular flexibility index (Phi) is 38.5. The van der Waals surface area contributed by atoms with E-state index in [0.717, 1.165) is 38.5 Å². The van der Waals surface area contributed by atoms with E-state index >= 15 is 0 Å². The summed E-state index contributed by atoms with van der Waals surface area (Å²) in [5, 5.41) is 50.3. The number of aliphatic hydroxyl groups is 5. The Morgan fingerprint density at radius 2 is 0.855 bits per heavy atom. The average molecular weight is 907 g/mol. The van der Waals surface area contributed by atoms with E-state index in [0.29, 0.717) is 13.0 Å². The lowest BCUT2D eigenvalue weighted by atomic mass is 9.85. The molecule has 13 heteroatoms. The van der Waals surface area contributed by atoms with Gasteiger partial charge in [-0.3, -0.25) is 13.8 Å². The Labute approximate surface area is 377 Å². The summed E-state index contributed by atoms with van der Waals surface area (Å²) in [6.45, 7) is 4.30. The molecule has 1 saturated carbocycles. The van der Waals surface area contributed by atoms with Gasteiger partial charge < -0.3 is 39.9 Å². The number of rotatable bonds is 44. The van der Waals surface area contributed by atoms with Crippen LogP contribution in [0.2, 0.25) is 0 Å². The first kappa shape index (κ1) is 59.1. The van der Waals surface area contributed by atoms with Gasteiger partial charge in [0.2, 0.25) is 0 Å². The molecule has 1 rings (SSSR count). The summed E-state index contributed by atoms with van der Waals surface area (Å²) >= 11 is 0. The first-order chi connectivity index (χ1) is 30.0. The van der Waals surface area contributed by atoms with Gasteiger partial charge in [-0.2, -0.15) is 0 Å². The molecular weight excluding hydrogens is 812 g/mol. The van der Waals surface area contributed by atoms with Crippen molar-refractivity contribution in [2.75, 3.05) is 19.8 Å². The van der Waals surface area contributed by atoms with E-state index < -0.39 is 63.1 Å². The Morgan fingerprint density at radius 1 is 0.500 bits per heavy atom. The highest BCUT2D eigenvalue weighted by atomic mass is 31.2. The Morgan fingerprint density at radius 3 is 1.27 bits per heavy atom. The SMILES string of the molecule is CCCCCCCC/C=C\CCCCCCCCCCCC(=O)OC(COCCCCCCCCCCCCCCCCCC)COP(=O)(O)OC1C(O)C(O)C(O)C(O)C1O. The maximum atomic E-state index is 12.8. The third kappa shape index (κ3) is 31.9. The Bertz CT molecular complexity index is 1080. The zero-order chi connectivity index (χ0) is 45.5. The van der Waals surface area contributed by atoms with Crippen LogP contribution in [-0.2, 0) is 27.9 Å². The lowest BCUT2D eigenvalue weighted by Crippen LogP contribution is -2.64. The van der Waals surface area contributed by atoms with Gasteiger partial charge in [0.05, 0.1) is 13.2 Å². The van der Waals surface area contributed by atoms with Crippen LogP contribution in [0.15, 0.2) is 12.2 Å². The van der Waals surface area contributed by atoms with Gasteiger partial charge in [-0.25, -0.2) is 4.57 Å². The molecule has 6 N–H and O–H groups in total. The fourth-order valence-electron chi connectivity index (χ4n) is 8.06. The molecule has 0 aliphatic heterocycles. The molecule has 0 radical (unpaired) electrons. The van der Waals surface area contributed by atoms with Gasteiger partial charge in [0.25, 0.3) is 0 Å². The van der Waals surface area contributed by atoms with Crippen molar-refractivity contribution in [1.82, 2.24) is 0 Å². The zero-order valence-electron chi connectivity index (χ0n) is 39.4. The quantitative estimate of drug-likeness (QED) is 0.0147. The fraction of sp³-hybridized carbons (Fsp3) is 0.939. The molecule has 62 heavy (non-hydrogen) atoms. The number of ether oxygens (including phenoxy) is 2. The van der Waals surface area contributed by atoms with Gasteiger partial charge in [0.15, 0.2) is 0 Å². The topological polar surface area (TPSA) is 192 Å². The zero-order valence-corrected chi connectivity index (χ0v) is 40.3. The van der Waals surface area contributed by atoms with E-state index in [4.69, 9.17) is 18.5 Å². The minimum absolute atomic E-state index is 0.0712. The van der Waals surface area contributed by atoms with Gasteiger partial charge in [0.1, 0.15) is 42.7 Å². The van der Waals surface area contributed by atoms with Crippen LogP contribution >= 0.6 is 7.82 Å². The Balaban J connectivity index is 2.34. The van der Waals surface area contributed by atoms with E-state index in [9.17, 15) is 39.8 Å². The summed E-state index contributed by atoms with van der Waals surface area (Å²) in [5.74, 6) is -0.474. The van der Waals surface area contributed by atoms with E-state index in [2.05, 4.69) is 26.0 Å². The highest BCUT2D eigenvalue weighted by molar-refractivity contribution is 7.47. The van der Waals surface area contributed by atoms with Crippen LogP contribution in [0.4, 0.5) is 0 Å². The minimum atomic E-state index is -5.02. The summed E-state index contributed by atoms with van der Waals surface area (Å²) < 4.78 is 34.3. The third-order valence-corrected chi connectivity index (χ3v) is 13.1. The molecule has 6 unspecified atom stereocenters. The van der Waals surface area contributed by atoms with Gasteiger partial charge >= 0.3 is 13.8 Å². The van der Waals surface area contributed by atoms with E-state index in [1.807, 2.05) is 0 Å². The van der Waals surface area contributed by atoms with Gasteiger partial charge in [-0.1, -0.05) is 199 Å². The van der Waals surface area contributed by atoms with Crippen molar-refractivity contribution in [2.45, 2.75) is 275 Å². The number of phosphoric ester groups is 1. The highest BCUT2D eigenvalue weighted by Gasteiger charge is 2.51. The smallest absolute Gasteiger partial charge is 0.457 e. The molecule has 368 valence electrons. The Hall–Kier alpha value is -0.920. The van der Waals surface area contributed by atoms with Gasteiger partial charge in [-0.05, 0) is 38.5 Å². The lowest BCUT2D eigenvalue weighted by molar-refractivity contribution is -0.220. The maximum Gasteiger partial charge on any atom is 0.472 e. The lowest BCUT2D eigenvalue weighted by Gasteiger charge is -2.41. The second-order valence-electron chi connectivity index (χ2n) is 18.0. The first-order valence-electron chi connectivity index (χ1n) is 25.5. The minimum Gasteiger partial charge on any atom is -0.457 e. The number of carbonyl (C=O) groups is 1. The number of unbranched alkanes of at least 4 members (excludes halogenated alkanes) is 30. The fourth-order valence-corrected chi connectivity index (χ4v) is 9.03. The van der Waals surface area contributed by atoms with Crippen LogP contribution in [0.25, 0.3) is 0 Å². The molecule has 0 amide bonds. The highest BCUT2D eigenvalue weighted by Crippen LogP contribution is 2.47. The van der Waals surface area contributed by atoms with Crippen LogP contribution in [0.5, 0.6) is 0 Å². The van der Waals surface area contributed by atoms with E-state index in [-0.39, 0.29) is 13.0 Å². The molecule has 0 saturated heterocycles. The molecule has 0 bridgehead atoms. The largest absolute Gasteiger partial charge is 0.472 e.